The Morgan fingerprint density at radius 2 is 2.12 bits per heavy atom. The van der Waals surface area contributed by atoms with Crippen molar-refractivity contribution in [3.05, 3.63) is 11.5 Å². The molecule has 0 aromatic carbocycles. The lowest BCUT2D eigenvalue weighted by Gasteiger charge is -2.18. The molecule has 4 nitrogen and oxygen atoms in total. The van der Waals surface area contributed by atoms with E-state index in [1.54, 1.807) is 0 Å². The minimum absolute atomic E-state index is 0.628. The lowest BCUT2D eigenvalue weighted by atomic mass is 10.0. The van der Waals surface area contributed by atoms with Gasteiger partial charge in [-0.05, 0) is 32.1 Å². The fourth-order valence-corrected chi connectivity index (χ4v) is 2.42. The molecule has 88 valence electrons. The normalized spacial score (nSPS) is 19.6. The lowest BCUT2D eigenvalue weighted by Crippen LogP contribution is -2.31. The zero-order valence-electron chi connectivity index (χ0n) is 9.61. The Balaban J connectivity index is 1.83. The number of anilines is 1. The van der Waals surface area contributed by atoms with Crippen molar-refractivity contribution in [1.82, 2.24) is 4.98 Å². The molecule has 3 rings (SSSR count). The molecule has 0 unspecified atom stereocenters. The third-order valence-electron chi connectivity index (χ3n) is 3.44. The molecule has 2 aliphatic rings. The predicted octanol–water partition coefficient (Wildman–Crippen LogP) is 1.48. The molecule has 4 heteroatoms. The van der Waals surface area contributed by atoms with Gasteiger partial charge in [-0.3, -0.25) is 0 Å². The fraction of sp³-hybridized carbons (Fsp3) is 0.750. The smallest absolute Gasteiger partial charge is 0.297 e. The molecule has 0 amide bonds. The summed E-state index contributed by atoms with van der Waals surface area (Å²) in [5.74, 6) is 1.11. The van der Waals surface area contributed by atoms with Crippen LogP contribution in [0.3, 0.4) is 0 Å². The molecule has 0 bridgehead atoms. The van der Waals surface area contributed by atoms with Gasteiger partial charge in [0.05, 0.1) is 5.69 Å². The zero-order chi connectivity index (χ0) is 11.0. The molecule has 0 radical (unpaired) electrons. The average Bonchev–Trinajstić information content (AvgIpc) is 3.04. The van der Waals surface area contributed by atoms with Gasteiger partial charge in [0.25, 0.3) is 6.01 Å². The van der Waals surface area contributed by atoms with Gasteiger partial charge in [-0.15, -0.1) is 0 Å². The van der Waals surface area contributed by atoms with Gasteiger partial charge in [-0.25, -0.2) is 0 Å². The maximum Gasteiger partial charge on any atom is 0.297 e. The molecule has 1 fully saturated rings. The molecule has 1 heterocycles. The Hall–Kier alpha value is -1.03. The summed E-state index contributed by atoms with van der Waals surface area (Å²) in [6.45, 7) is 1.54. The Morgan fingerprint density at radius 1 is 1.31 bits per heavy atom. The minimum atomic E-state index is 0.628. The first-order valence-electron chi connectivity index (χ1n) is 6.34. The largest absolute Gasteiger partial charge is 0.428 e. The number of nitrogens with two attached hydrogens (primary N) is 1. The Morgan fingerprint density at radius 3 is 2.81 bits per heavy atom. The highest BCUT2D eigenvalue weighted by Crippen LogP contribution is 2.33. The van der Waals surface area contributed by atoms with Gasteiger partial charge in [-0.2, -0.15) is 4.98 Å². The molecular weight excluding hydrogens is 202 g/mol. The Bertz CT molecular complexity index is 347. The first-order chi connectivity index (χ1) is 7.88. The second-order valence-electron chi connectivity index (χ2n) is 4.79. The summed E-state index contributed by atoms with van der Waals surface area (Å²) in [5, 5.41) is 0. The molecule has 1 saturated carbocycles. The van der Waals surface area contributed by atoms with Gasteiger partial charge in [0.1, 0.15) is 5.76 Å². The number of rotatable bonds is 4. The van der Waals surface area contributed by atoms with Crippen LogP contribution in [0.4, 0.5) is 6.01 Å². The SMILES string of the molecule is NCCN(c1nc2c(o1)CCCC2)C1CC1. The molecule has 0 spiro atoms. The first-order valence-corrected chi connectivity index (χ1v) is 6.34. The summed E-state index contributed by atoms with van der Waals surface area (Å²) in [7, 11) is 0. The molecule has 0 saturated heterocycles. The maximum absolute atomic E-state index is 5.88. The number of nitrogens with zero attached hydrogens (tertiary/aromatic N) is 2. The lowest BCUT2D eigenvalue weighted by molar-refractivity contribution is 0.467. The summed E-state index contributed by atoms with van der Waals surface area (Å²) in [5.41, 5.74) is 6.83. The van der Waals surface area contributed by atoms with Crippen molar-refractivity contribution >= 4 is 6.01 Å². The van der Waals surface area contributed by atoms with Crippen LogP contribution in [-0.4, -0.2) is 24.1 Å². The number of oxazole rings is 1. The Kier molecular flexibility index (Phi) is 2.59. The summed E-state index contributed by atoms with van der Waals surface area (Å²) in [6.07, 6.45) is 7.14. The summed E-state index contributed by atoms with van der Waals surface area (Å²) in [6, 6.07) is 1.45. The van der Waals surface area contributed by atoms with Gasteiger partial charge in [0, 0.05) is 25.6 Å². The number of fused-ring (bicyclic) bond motifs is 1. The van der Waals surface area contributed by atoms with Crippen molar-refractivity contribution in [3.63, 3.8) is 0 Å². The monoisotopic (exact) mass is 221 g/mol. The number of aryl methyl sites for hydroxylation is 2. The molecule has 2 aliphatic carbocycles. The molecular formula is C12H19N3O. The van der Waals surface area contributed by atoms with E-state index >= 15 is 0 Å². The van der Waals surface area contributed by atoms with E-state index in [0.29, 0.717) is 12.6 Å². The fourth-order valence-electron chi connectivity index (χ4n) is 2.42. The van der Waals surface area contributed by atoms with Crippen LogP contribution in [-0.2, 0) is 12.8 Å². The van der Waals surface area contributed by atoms with Crippen molar-refractivity contribution < 1.29 is 4.42 Å². The summed E-state index contributed by atoms with van der Waals surface area (Å²) < 4.78 is 5.88. The second kappa shape index (κ2) is 4.09. The van der Waals surface area contributed by atoms with Crippen LogP contribution in [0.2, 0.25) is 0 Å². The van der Waals surface area contributed by atoms with E-state index in [0.717, 1.165) is 31.2 Å². The Labute approximate surface area is 95.8 Å². The average molecular weight is 221 g/mol. The second-order valence-corrected chi connectivity index (χ2v) is 4.79. The van der Waals surface area contributed by atoms with E-state index in [1.165, 1.54) is 31.4 Å². The summed E-state index contributed by atoms with van der Waals surface area (Å²) in [4.78, 5) is 6.88. The van der Waals surface area contributed by atoms with Crippen LogP contribution in [0.5, 0.6) is 0 Å². The topological polar surface area (TPSA) is 55.3 Å². The standard InChI is InChI=1S/C12H19N3O/c13-7-8-15(9-5-6-9)12-14-10-3-1-2-4-11(10)16-12/h9H,1-8,13H2. The quantitative estimate of drug-likeness (QED) is 0.836. The van der Waals surface area contributed by atoms with Crippen LogP contribution in [0, 0.1) is 0 Å². The van der Waals surface area contributed by atoms with Crippen LogP contribution >= 0.6 is 0 Å². The molecule has 2 N–H and O–H groups in total. The predicted molar refractivity (Wildman–Crippen MR) is 62.6 cm³/mol. The van der Waals surface area contributed by atoms with Gasteiger partial charge in [0.15, 0.2) is 0 Å². The van der Waals surface area contributed by atoms with Gasteiger partial charge < -0.3 is 15.1 Å². The highest BCUT2D eigenvalue weighted by molar-refractivity contribution is 5.34. The van der Waals surface area contributed by atoms with Gasteiger partial charge in [-0.1, -0.05) is 0 Å². The van der Waals surface area contributed by atoms with Crippen molar-refractivity contribution in [2.24, 2.45) is 5.73 Å². The van der Waals surface area contributed by atoms with Gasteiger partial charge >= 0.3 is 0 Å². The van der Waals surface area contributed by atoms with Crippen molar-refractivity contribution in [1.29, 1.82) is 0 Å². The molecule has 1 aromatic heterocycles. The van der Waals surface area contributed by atoms with Crippen LogP contribution in [0.1, 0.15) is 37.1 Å². The third-order valence-corrected chi connectivity index (χ3v) is 3.44. The molecule has 16 heavy (non-hydrogen) atoms. The van der Waals surface area contributed by atoms with E-state index in [9.17, 15) is 0 Å². The van der Waals surface area contributed by atoms with Gasteiger partial charge in [0.2, 0.25) is 0 Å². The summed E-state index contributed by atoms with van der Waals surface area (Å²) >= 11 is 0. The van der Waals surface area contributed by atoms with Crippen LogP contribution in [0.15, 0.2) is 4.42 Å². The van der Waals surface area contributed by atoms with E-state index in [-0.39, 0.29) is 0 Å². The van der Waals surface area contributed by atoms with Crippen molar-refractivity contribution in [3.8, 4) is 0 Å². The molecule has 0 atom stereocenters. The number of hydrogen-bond acceptors (Lipinski definition) is 4. The minimum Gasteiger partial charge on any atom is -0.428 e. The van der Waals surface area contributed by atoms with E-state index in [2.05, 4.69) is 9.88 Å². The maximum atomic E-state index is 5.88. The van der Waals surface area contributed by atoms with E-state index in [1.807, 2.05) is 0 Å². The van der Waals surface area contributed by atoms with Crippen LogP contribution < -0.4 is 10.6 Å². The molecule has 1 aromatic rings. The zero-order valence-corrected chi connectivity index (χ0v) is 9.61. The van der Waals surface area contributed by atoms with Crippen molar-refractivity contribution in [2.45, 2.75) is 44.6 Å². The number of aromatic nitrogens is 1. The van der Waals surface area contributed by atoms with Crippen LogP contribution in [0.25, 0.3) is 0 Å². The van der Waals surface area contributed by atoms with E-state index in [4.69, 9.17) is 10.2 Å². The number of hydrogen-bond donors (Lipinski definition) is 1. The molecule has 0 aliphatic heterocycles. The highest BCUT2D eigenvalue weighted by atomic mass is 16.4. The van der Waals surface area contributed by atoms with Crippen molar-refractivity contribution in [2.75, 3.05) is 18.0 Å². The third kappa shape index (κ3) is 1.82. The first kappa shape index (κ1) is 10.1. The highest BCUT2D eigenvalue weighted by Gasteiger charge is 2.32. The van der Waals surface area contributed by atoms with E-state index < -0.39 is 0 Å².